The van der Waals surface area contributed by atoms with Gasteiger partial charge >= 0.3 is 0 Å². The molecule has 2 unspecified atom stereocenters. The minimum absolute atomic E-state index is 0.00555. The number of aliphatic hydroxyl groups excluding tert-OH is 1. The van der Waals surface area contributed by atoms with Crippen LogP contribution in [0.15, 0.2) is 53.3 Å². The van der Waals surface area contributed by atoms with Crippen LogP contribution < -0.4 is 5.56 Å². The van der Waals surface area contributed by atoms with Crippen LogP contribution in [0.1, 0.15) is 30.1 Å². The molecular formula is C20H21N3O3. The van der Waals surface area contributed by atoms with Crippen LogP contribution in [0.4, 0.5) is 0 Å². The molecule has 0 saturated heterocycles. The lowest BCUT2D eigenvalue weighted by molar-refractivity contribution is -0.0241. The average molecular weight is 351 g/mol. The Morgan fingerprint density at radius 3 is 2.92 bits per heavy atom. The number of ether oxygens (including phenoxy) is 1. The molecule has 1 aromatic heterocycles. The molecule has 134 valence electrons. The maximum Gasteiger partial charge on any atom is 0.277 e. The Hall–Kier alpha value is -2.57. The minimum atomic E-state index is -0.822. The first-order chi connectivity index (χ1) is 12.7. The van der Waals surface area contributed by atoms with Crippen LogP contribution in [0.3, 0.4) is 0 Å². The molecule has 0 radical (unpaired) electrons. The molecule has 1 aliphatic carbocycles. The second-order valence-electron chi connectivity index (χ2n) is 6.66. The van der Waals surface area contributed by atoms with Gasteiger partial charge < -0.3 is 9.84 Å². The van der Waals surface area contributed by atoms with E-state index in [1.54, 1.807) is 18.2 Å². The van der Waals surface area contributed by atoms with Gasteiger partial charge in [0.2, 0.25) is 0 Å². The number of fused-ring (bicyclic) bond motifs is 2. The zero-order valence-corrected chi connectivity index (χ0v) is 14.4. The van der Waals surface area contributed by atoms with Crippen molar-refractivity contribution in [3.63, 3.8) is 0 Å². The number of rotatable bonds is 5. The van der Waals surface area contributed by atoms with Crippen LogP contribution in [0.5, 0.6) is 0 Å². The highest BCUT2D eigenvalue weighted by atomic mass is 16.5. The number of aliphatic hydroxyl groups is 1. The van der Waals surface area contributed by atoms with Crippen molar-refractivity contribution in [1.82, 2.24) is 15.0 Å². The topological polar surface area (TPSA) is 77.2 Å². The van der Waals surface area contributed by atoms with Crippen LogP contribution in [-0.2, 0) is 17.7 Å². The zero-order chi connectivity index (χ0) is 17.9. The Labute approximate surface area is 151 Å². The fraction of sp³-hybridized carbons (Fsp3) is 0.350. The number of nitrogens with zero attached hydrogens (tertiary/aromatic N) is 3. The van der Waals surface area contributed by atoms with E-state index in [1.807, 2.05) is 18.2 Å². The quantitative estimate of drug-likeness (QED) is 0.763. The van der Waals surface area contributed by atoms with E-state index in [9.17, 15) is 9.90 Å². The molecule has 0 saturated carbocycles. The third kappa shape index (κ3) is 3.38. The Balaban J connectivity index is 1.43. The van der Waals surface area contributed by atoms with Crippen molar-refractivity contribution in [2.45, 2.75) is 38.0 Å². The maximum atomic E-state index is 12.4. The highest BCUT2D eigenvalue weighted by Crippen LogP contribution is 2.32. The van der Waals surface area contributed by atoms with E-state index in [1.165, 1.54) is 15.8 Å². The van der Waals surface area contributed by atoms with Gasteiger partial charge in [0.15, 0.2) is 0 Å². The standard InChI is InChI=1S/C20H21N3O3/c24-15(12-23-20(25)17-9-3-4-10-18(17)21-22-23)13-26-19-11-5-7-14-6-1-2-8-16(14)19/h1-4,6,8-10,15,19,24H,5,7,11-13H2. The zero-order valence-electron chi connectivity index (χ0n) is 14.4. The van der Waals surface area contributed by atoms with Crippen LogP contribution in [0.2, 0.25) is 0 Å². The van der Waals surface area contributed by atoms with Crippen molar-refractivity contribution >= 4 is 10.9 Å². The van der Waals surface area contributed by atoms with E-state index >= 15 is 0 Å². The van der Waals surface area contributed by atoms with E-state index in [2.05, 4.69) is 22.4 Å². The van der Waals surface area contributed by atoms with Gasteiger partial charge in [-0.3, -0.25) is 4.79 Å². The van der Waals surface area contributed by atoms with Gasteiger partial charge in [0, 0.05) is 0 Å². The second-order valence-corrected chi connectivity index (χ2v) is 6.66. The van der Waals surface area contributed by atoms with Crippen molar-refractivity contribution < 1.29 is 9.84 Å². The molecule has 0 aliphatic heterocycles. The Kier molecular flexibility index (Phi) is 4.77. The van der Waals surface area contributed by atoms with Gasteiger partial charge in [0.25, 0.3) is 5.56 Å². The SMILES string of the molecule is O=c1c2ccccc2nnn1CC(O)COC1CCCc2ccccc21. The van der Waals surface area contributed by atoms with Gasteiger partial charge in [0.1, 0.15) is 5.52 Å². The number of hydrogen-bond donors (Lipinski definition) is 1. The number of aryl methyl sites for hydroxylation is 1. The average Bonchev–Trinajstić information content (AvgIpc) is 2.69. The van der Waals surface area contributed by atoms with Crippen molar-refractivity contribution in [3.8, 4) is 0 Å². The predicted octanol–water partition coefficient (Wildman–Crippen LogP) is 2.25. The summed E-state index contributed by atoms with van der Waals surface area (Å²) in [6, 6.07) is 15.3. The van der Waals surface area contributed by atoms with Gasteiger partial charge in [-0.05, 0) is 42.5 Å². The highest BCUT2D eigenvalue weighted by molar-refractivity contribution is 5.76. The fourth-order valence-electron chi connectivity index (χ4n) is 3.50. The van der Waals surface area contributed by atoms with Crippen molar-refractivity contribution in [2.24, 2.45) is 0 Å². The summed E-state index contributed by atoms with van der Waals surface area (Å²) in [7, 11) is 0. The van der Waals surface area contributed by atoms with Gasteiger partial charge in [-0.15, -0.1) is 5.10 Å². The summed E-state index contributed by atoms with van der Waals surface area (Å²) in [4.78, 5) is 12.4. The summed E-state index contributed by atoms with van der Waals surface area (Å²) in [5.41, 5.74) is 2.82. The summed E-state index contributed by atoms with van der Waals surface area (Å²) < 4.78 is 7.16. The molecule has 26 heavy (non-hydrogen) atoms. The molecule has 6 nitrogen and oxygen atoms in total. The molecule has 2 aromatic carbocycles. The number of aromatic nitrogens is 3. The van der Waals surface area contributed by atoms with Gasteiger partial charge in [-0.1, -0.05) is 41.6 Å². The lowest BCUT2D eigenvalue weighted by atomic mass is 9.89. The van der Waals surface area contributed by atoms with E-state index in [0.717, 1.165) is 19.3 Å². The minimum Gasteiger partial charge on any atom is -0.389 e. The summed E-state index contributed by atoms with van der Waals surface area (Å²) in [6.45, 7) is 0.213. The lowest BCUT2D eigenvalue weighted by Gasteiger charge is -2.26. The molecule has 0 spiro atoms. The van der Waals surface area contributed by atoms with Crippen molar-refractivity contribution in [3.05, 3.63) is 70.0 Å². The molecule has 0 bridgehead atoms. The molecule has 0 fully saturated rings. The van der Waals surface area contributed by atoms with Gasteiger partial charge in [0.05, 0.1) is 30.7 Å². The highest BCUT2D eigenvalue weighted by Gasteiger charge is 2.21. The van der Waals surface area contributed by atoms with Gasteiger partial charge in [-0.2, -0.15) is 0 Å². The molecule has 0 amide bonds. The van der Waals surface area contributed by atoms with E-state index in [-0.39, 0.29) is 24.8 Å². The van der Waals surface area contributed by atoms with Crippen LogP contribution in [0, 0.1) is 0 Å². The predicted molar refractivity (Wildman–Crippen MR) is 97.9 cm³/mol. The first-order valence-electron chi connectivity index (χ1n) is 8.92. The molecule has 1 N–H and O–H groups in total. The Morgan fingerprint density at radius 1 is 1.19 bits per heavy atom. The Bertz CT molecular complexity index is 970. The molecule has 1 aliphatic rings. The fourth-order valence-corrected chi connectivity index (χ4v) is 3.50. The van der Waals surface area contributed by atoms with Crippen molar-refractivity contribution in [2.75, 3.05) is 6.61 Å². The molecule has 4 rings (SSSR count). The normalized spacial score (nSPS) is 17.8. The van der Waals surface area contributed by atoms with E-state index < -0.39 is 6.10 Å². The molecule has 3 aromatic rings. The number of hydrogen-bond acceptors (Lipinski definition) is 5. The monoisotopic (exact) mass is 351 g/mol. The van der Waals surface area contributed by atoms with Crippen LogP contribution in [0.25, 0.3) is 10.9 Å². The van der Waals surface area contributed by atoms with E-state index in [4.69, 9.17) is 4.74 Å². The molecule has 2 atom stereocenters. The smallest absolute Gasteiger partial charge is 0.277 e. The summed E-state index contributed by atoms with van der Waals surface area (Å²) >= 11 is 0. The first kappa shape index (κ1) is 16.9. The maximum absolute atomic E-state index is 12.4. The summed E-state index contributed by atoms with van der Waals surface area (Å²) in [5, 5.41) is 18.8. The summed E-state index contributed by atoms with van der Waals surface area (Å²) in [5.74, 6) is 0. The number of benzene rings is 2. The van der Waals surface area contributed by atoms with Crippen LogP contribution in [-0.4, -0.2) is 32.8 Å². The van der Waals surface area contributed by atoms with Crippen molar-refractivity contribution in [1.29, 1.82) is 0 Å². The second kappa shape index (κ2) is 7.35. The van der Waals surface area contributed by atoms with Gasteiger partial charge in [-0.25, -0.2) is 4.68 Å². The molecular weight excluding hydrogens is 330 g/mol. The summed E-state index contributed by atoms with van der Waals surface area (Å²) in [6.07, 6.45) is 2.26. The van der Waals surface area contributed by atoms with E-state index in [0.29, 0.717) is 10.9 Å². The third-order valence-electron chi connectivity index (χ3n) is 4.82. The van der Waals surface area contributed by atoms with Crippen LogP contribution >= 0.6 is 0 Å². The molecule has 6 heteroatoms. The first-order valence-corrected chi connectivity index (χ1v) is 8.92. The lowest BCUT2D eigenvalue weighted by Crippen LogP contribution is -2.32. The Morgan fingerprint density at radius 2 is 2.00 bits per heavy atom. The third-order valence-corrected chi connectivity index (χ3v) is 4.82. The molecule has 1 heterocycles. The largest absolute Gasteiger partial charge is 0.389 e.